The number of halogens is 1. The summed E-state index contributed by atoms with van der Waals surface area (Å²) in [6, 6.07) is 15.2. The van der Waals surface area contributed by atoms with Gasteiger partial charge in [0.25, 0.3) is 0 Å². The maximum absolute atomic E-state index is 13.3. The van der Waals surface area contributed by atoms with Gasteiger partial charge in [0.15, 0.2) is 5.78 Å². The van der Waals surface area contributed by atoms with E-state index in [-0.39, 0.29) is 18.1 Å². The number of rotatable bonds is 7. The van der Waals surface area contributed by atoms with E-state index in [1.807, 2.05) is 41.8 Å². The molecule has 150 valence electrons. The molecule has 5 nitrogen and oxygen atoms in total. The average molecular weight is 394 g/mol. The van der Waals surface area contributed by atoms with Crippen molar-refractivity contribution in [1.82, 2.24) is 4.57 Å². The van der Waals surface area contributed by atoms with E-state index in [0.29, 0.717) is 17.8 Å². The number of nitrogens with zero attached hydrogens (tertiary/aromatic N) is 1. The molecule has 6 heteroatoms. The zero-order valence-electron chi connectivity index (χ0n) is 16.7. The summed E-state index contributed by atoms with van der Waals surface area (Å²) in [6.45, 7) is 3.79. The fourth-order valence-electron chi connectivity index (χ4n) is 3.29. The summed E-state index contributed by atoms with van der Waals surface area (Å²) in [7, 11) is 1.60. The van der Waals surface area contributed by atoms with Crippen molar-refractivity contribution < 1.29 is 18.7 Å². The number of nitrogens with one attached hydrogen (secondary N) is 1. The second-order valence-corrected chi connectivity index (χ2v) is 6.77. The third-order valence-corrected chi connectivity index (χ3v) is 4.80. The predicted molar refractivity (Wildman–Crippen MR) is 111 cm³/mol. The lowest BCUT2D eigenvalue weighted by atomic mass is 10.1. The van der Waals surface area contributed by atoms with Gasteiger partial charge >= 0.3 is 0 Å². The highest BCUT2D eigenvalue weighted by atomic mass is 19.1. The number of ether oxygens (including phenoxy) is 1. The third kappa shape index (κ3) is 4.71. The molecule has 3 aromatic rings. The molecule has 1 aromatic heterocycles. The fraction of sp³-hybridized carbons (Fsp3) is 0.217. The minimum absolute atomic E-state index is 0.0276. The second-order valence-electron chi connectivity index (χ2n) is 6.77. The molecule has 0 unspecified atom stereocenters. The lowest BCUT2D eigenvalue weighted by Gasteiger charge is -2.13. The van der Waals surface area contributed by atoms with Gasteiger partial charge < -0.3 is 14.6 Å². The van der Waals surface area contributed by atoms with Crippen molar-refractivity contribution >= 4 is 17.4 Å². The maximum Gasteiger partial charge on any atom is 0.226 e. The minimum atomic E-state index is -0.406. The Hall–Kier alpha value is -3.41. The molecule has 0 aliphatic rings. The first-order valence-electron chi connectivity index (χ1n) is 9.30. The van der Waals surface area contributed by atoms with Crippen LogP contribution in [0.25, 0.3) is 11.3 Å². The fourth-order valence-corrected chi connectivity index (χ4v) is 3.29. The molecule has 0 saturated carbocycles. The summed E-state index contributed by atoms with van der Waals surface area (Å²) in [5.41, 5.74) is 3.63. The van der Waals surface area contributed by atoms with Gasteiger partial charge in [0.05, 0.1) is 7.11 Å². The van der Waals surface area contributed by atoms with E-state index in [9.17, 15) is 14.0 Å². The van der Waals surface area contributed by atoms with Gasteiger partial charge in [-0.15, -0.1) is 0 Å². The molecule has 0 aliphatic heterocycles. The van der Waals surface area contributed by atoms with Gasteiger partial charge in [-0.1, -0.05) is 6.07 Å². The van der Waals surface area contributed by atoms with E-state index in [1.165, 1.54) is 19.1 Å². The Balaban J connectivity index is 1.83. The summed E-state index contributed by atoms with van der Waals surface area (Å²) >= 11 is 0. The summed E-state index contributed by atoms with van der Waals surface area (Å²) < 4.78 is 20.5. The molecule has 1 N–H and O–H groups in total. The van der Waals surface area contributed by atoms with Crippen molar-refractivity contribution in [2.45, 2.75) is 26.8 Å². The Labute approximate surface area is 169 Å². The second kappa shape index (κ2) is 8.73. The number of amides is 1. The zero-order valence-corrected chi connectivity index (χ0v) is 16.7. The smallest absolute Gasteiger partial charge is 0.226 e. The highest BCUT2D eigenvalue weighted by Gasteiger charge is 2.17. The van der Waals surface area contributed by atoms with Crippen LogP contribution < -0.4 is 10.1 Å². The van der Waals surface area contributed by atoms with Gasteiger partial charge in [-0.3, -0.25) is 9.59 Å². The topological polar surface area (TPSA) is 60.3 Å². The summed E-state index contributed by atoms with van der Waals surface area (Å²) in [5, 5.41) is 2.70. The standard InChI is InChI=1S/C23H23FN2O3/c1-15-21(16(2)27)14-22(17-7-9-20(29-3)10-8-17)26(15)12-11-23(28)25-19-6-4-5-18(24)13-19/h4-10,13-14H,11-12H2,1-3H3,(H,25,28). The molecule has 0 saturated heterocycles. The first-order valence-corrected chi connectivity index (χ1v) is 9.30. The molecule has 29 heavy (non-hydrogen) atoms. The van der Waals surface area contributed by atoms with Crippen LogP contribution in [0, 0.1) is 12.7 Å². The van der Waals surface area contributed by atoms with Gasteiger partial charge in [-0.25, -0.2) is 4.39 Å². The van der Waals surface area contributed by atoms with Crippen molar-refractivity contribution in [3.8, 4) is 17.0 Å². The van der Waals surface area contributed by atoms with Gasteiger partial charge in [-0.05, 0) is 67.9 Å². The number of hydrogen-bond acceptors (Lipinski definition) is 3. The van der Waals surface area contributed by atoms with E-state index in [4.69, 9.17) is 4.74 Å². The molecule has 0 fully saturated rings. The molecular weight excluding hydrogens is 371 g/mol. The Morgan fingerprint density at radius 1 is 1.10 bits per heavy atom. The van der Waals surface area contributed by atoms with Crippen molar-refractivity contribution in [3.05, 3.63) is 71.7 Å². The van der Waals surface area contributed by atoms with Crippen LogP contribution in [0.2, 0.25) is 0 Å². The molecule has 1 amide bonds. The largest absolute Gasteiger partial charge is 0.497 e. The molecule has 3 rings (SSSR count). The molecule has 1 heterocycles. The van der Waals surface area contributed by atoms with Crippen LogP contribution in [-0.4, -0.2) is 23.4 Å². The Bertz CT molecular complexity index is 1040. The SMILES string of the molecule is COc1ccc(-c2cc(C(C)=O)c(C)n2CCC(=O)Nc2cccc(F)c2)cc1. The summed E-state index contributed by atoms with van der Waals surface area (Å²) in [6.07, 6.45) is 0.187. The Morgan fingerprint density at radius 2 is 1.83 bits per heavy atom. The molecule has 0 aliphatic carbocycles. The van der Waals surface area contributed by atoms with Gasteiger partial charge in [0, 0.05) is 35.6 Å². The number of Topliss-reactive ketones (excluding diaryl/α,β-unsaturated/α-hetero) is 1. The van der Waals surface area contributed by atoms with Crippen molar-refractivity contribution in [3.63, 3.8) is 0 Å². The van der Waals surface area contributed by atoms with Crippen LogP contribution >= 0.6 is 0 Å². The van der Waals surface area contributed by atoms with Gasteiger partial charge in [-0.2, -0.15) is 0 Å². The molecule has 2 aromatic carbocycles. The number of hydrogen-bond donors (Lipinski definition) is 1. The Morgan fingerprint density at radius 3 is 2.45 bits per heavy atom. The summed E-state index contributed by atoms with van der Waals surface area (Å²) in [5.74, 6) is 0.0794. The van der Waals surface area contributed by atoms with Gasteiger partial charge in [0.2, 0.25) is 5.91 Å². The van der Waals surface area contributed by atoms with Crippen molar-refractivity contribution in [2.75, 3.05) is 12.4 Å². The molecule has 0 atom stereocenters. The van der Waals surface area contributed by atoms with E-state index in [0.717, 1.165) is 22.7 Å². The number of ketones is 1. The zero-order chi connectivity index (χ0) is 21.0. The lowest BCUT2D eigenvalue weighted by Crippen LogP contribution is -2.15. The van der Waals surface area contributed by atoms with Crippen LogP contribution in [-0.2, 0) is 11.3 Å². The normalized spacial score (nSPS) is 10.6. The maximum atomic E-state index is 13.3. The van der Waals surface area contributed by atoms with Crippen molar-refractivity contribution in [1.29, 1.82) is 0 Å². The third-order valence-electron chi connectivity index (χ3n) is 4.80. The number of anilines is 1. The first-order chi connectivity index (χ1) is 13.9. The van der Waals surface area contributed by atoms with Crippen LogP contribution in [0.1, 0.15) is 29.4 Å². The van der Waals surface area contributed by atoms with E-state index in [2.05, 4.69) is 5.32 Å². The van der Waals surface area contributed by atoms with Gasteiger partial charge in [0.1, 0.15) is 11.6 Å². The predicted octanol–water partition coefficient (Wildman–Crippen LogP) is 4.84. The lowest BCUT2D eigenvalue weighted by molar-refractivity contribution is -0.116. The molecule has 0 bridgehead atoms. The van der Waals surface area contributed by atoms with Crippen LogP contribution in [0.4, 0.5) is 10.1 Å². The highest BCUT2D eigenvalue weighted by Crippen LogP contribution is 2.28. The van der Waals surface area contributed by atoms with Crippen molar-refractivity contribution in [2.24, 2.45) is 0 Å². The number of benzene rings is 2. The van der Waals surface area contributed by atoms with E-state index < -0.39 is 5.82 Å². The highest BCUT2D eigenvalue weighted by molar-refractivity contribution is 5.97. The number of methoxy groups -OCH3 is 1. The van der Waals surface area contributed by atoms with Crippen LogP contribution in [0.15, 0.2) is 54.6 Å². The Kier molecular flexibility index (Phi) is 6.12. The van der Waals surface area contributed by atoms with Crippen LogP contribution in [0.3, 0.4) is 0 Å². The number of carbonyl (C=O) groups is 2. The molecule has 0 radical (unpaired) electrons. The van der Waals surface area contributed by atoms with E-state index in [1.54, 1.807) is 19.2 Å². The first kappa shape index (κ1) is 20.3. The molecule has 0 spiro atoms. The number of carbonyl (C=O) groups excluding carboxylic acids is 2. The van der Waals surface area contributed by atoms with E-state index >= 15 is 0 Å². The molecular formula is C23H23FN2O3. The number of aromatic nitrogens is 1. The van der Waals surface area contributed by atoms with Crippen LogP contribution in [0.5, 0.6) is 5.75 Å². The summed E-state index contributed by atoms with van der Waals surface area (Å²) in [4.78, 5) is 24.4. The minimum Gasteiger partial charge on any atom is -0.497 e. The average Bonchev–Trinajstić information content (AvgIpc) is 3.03. The monoisotopic (exact) mass is 394 g/mol. The quantitative estimate of drug-likeness (QED) is 0.583.